The number of methoxy groups -OCH3 is 1. The van der Waals surface area contributed by atoms with E-state index in [4.69, 9.17) is 4.74 Å². The quantitative estimate of drug-likeness (QED) is 0.850. The van der Waals surface area contributed by atoms with Crippen LogP contribution in [0.5, 0.6) is 5.75 Å². The molecule has 2 saturated heterocycles. The maximum Gasteiger partial charge on any atom is 0.241 e. The van der Waals surface area contributed by atoms with Crippen molar-refractivity contribution in [3.05, 3.63) is 24.3 Å². The highest BCUT2D eigenvalue weighted by Gasteiger charge is 2.50. The van der Waals surface area contributed by atoms with E-state index >= 15 is 0 Å². The molecule has 1 aromatic rings. The van der Waals surface area contributed by atoms with Gasteiger partial charge in [0.1, 0.15) is 11.8 Å². The number of carbonyl (C=O) groups excluding carboxylic acids is 2. The Morgan fingerprint density at radius 1 is 1.27 bits per heavy atom. The fraction of sp³-hybridized carbons (Fsp3) is 0.579. The van der Waals surface area contributed by atoms with Crippen molar-refractivity contribution in [2.45, 2.75) is 43.8 Å². The molecule has 26 heavy (non-hydrogen) atoms. The Balaban J connectivity index is 1.45. The zero-order valence-electron chi connectivity index (χ0n) is 15.3. The summed E-state index contributed by atoms with van der Waals surface area (Å²) >= 11 is 0. The lowest BCUT2D eigenvalue weighted by molar-refractivity contribution is -0.153. The van der Waals surface area contributed by atoms with Gasteiger partial charge in [-0.2, -0.15) is 0 Å². The van der Waals surface area contributed by atoms with Crippen LogP contribution in [0.2, 0.25) is 0 Å². The lowest BCUT2D eigenvalue weighted by Crippen LogP contribution is -2.67. The first-order valence-electron chi connectivity index (χ1n) is 9.32. The standard InChI is InChI=1S/C19H26N4O3/c1-22-17-10-12(18(24)21-13-4-3-5-14(11-13)26-2)6-7-15(17)23-16(19(22)25)8-9-20-23/h3-5,11-12,15-17,20H,6-10H2,1-2H3,(H,21,24). The normalized spacial score (nSPS) is 31.3. The lowest BCUT2D eigenvalue weighted by Gasteiger charge is -2.50. The summed E-state index contributed by atoms with van der Waals surface area (Å²) in [5, 5.41) is 5.16. The minimum absolute atomic E-state index is 0.0223. The fourth-order valence-corrected chi connectivity index (χ4v) is 4.62. The van der Waals surface area contributed by atoms with Gasteiger partial charge in [-0.25, -0.2) is 5.01 Å². The number of hydrazine groups is 1. The van der Waals surface area contributed by atoms with Crippen molar-refractivity contribution in [1.29, 1.82) is 0 Å². The summed E-state index contributed by atoms with van der Waals surface area (Å²) in [5.74, 6) is 0.825. The molecule has 0 spiro atoms. The van der Waals surface area contributed by atoms with Crippen molar-refractivity contribution in [1.82, 2.24) is 15.3 Å². The molecule has 4 atom stereocenters. The number of benzene rings is 1. The first-order valence-corrected chi connectivity index (χ1v) is 9.32. The largest absolute Gasteiger partial charge is 0.497 e. The van der Waals surface area contributed by atoms with E-state index in [1.807, 2.05) is 36.2 Å². The first kappa shape index (κ1) is 17.3. The van der Waals surface area contributed by atoms with Gasteiger partial charge in [-0.1, -0.05) is 6.07 Å². The molecule has 2 N–H and O–H groups in total. The Bertz CT molecular complexity index is 710. The molecule has 1 aliphatic carbocycles. The fourth-order valence-electron chi connectivity index (χ4n) is 4.62. The van der Waals surface area contributed by atoms with Gasteiger partial charge in [0.15, 0.2) is 0 Å². The van der Waals surface area contributed by atoms with Crippen LogP contribution in [0.3, 0.4) is 0 Å². The summed E-state index contributed by atoms with van der Waals surface area (Å²) in [6.07, 6.45) is 3.33. The number of ether oxygens (including phenoxy) is 1. The second kappa shape index (κ2) is 6.89. The average Bonchev–Trinajstić information content (AvgIpc) is 3.16. The molecule has 3 aliphatic rings. The highest BCUT2D eigenvalue weighted by molar-refractivity contribution is 5.93. The number of piperazine rings is 1. The van der Waals surface area contributed by atoms with E-state index in [-0.39, 0.29) is 29.8 Å². The zero-order valence-corrected chi connectivity index (χ0v) is 15.3. The minimum atomic E-state index is -0.0862. The predicted molar refractivity (Wildman–Crippen MR) is 97.6 cm³/mol. The predicted octanol–water partition coefficient (Wildman–Crippen LogP) is 1.22. The molecule has 4 unspecified atom stereocenters. The number of hydrogen-bond acceptors (Lipinski definition) is 5. The molecule has 2 aliphatic heterocycles. The van der Waals surface area contributed by atoms with Gasteiger partial charge in [-0.15, -0.1) is 0 Å². The topological polar surface area (TPSA) is 73.9 Å². The van der Waals surface area contributed by atoms with Gasteiger partial charge < -0.3 is 15.0 Å². The Morgan fingerprint density at radius 2 is 2.12 bits per heavy atom. The third kappa shape index (κ3) is 2.95. The van der Waals surface area contributed by atoms with Crippen LogP contribution in [0.15, 0.2) is 24.3 Å². The molecule has 3 fully saturated rings. The molecule has 7 nitrogen and oxygen atoms in total. The van der Waals surface area contributed by atoms with Gasteiger partial charge in [0, 0.05) is 43.3 Å². The Hall–Kier alpha value is -2.12. The van der Waals surface area contributed by atoms with Crippen LogP contribution >= 0.6 is 0 Å². The number of fused-ring (bicyclic) bond motifs is 3. The Morgan fingerprint density at radius 3 is 2.92 bits per heavy atom. The van der Waals surface area contributed by atoms with Gasteiger partial charge in [-0.05, 0) is 37.8 Å². The Labute approximate surface area is 153 Å². The summed E-state index contributed by atoms with van der Waals surface area (Å²) in [5.41, 5.74) is 4.12. The smallest absolute Gasteiger partial charge is 0.241 e. The number of amides is 2. The molecule has 4 rings (SSSR count). The number of nitrogens with zero attached hydrogens (tertiary/aromatic N) is 2. The van der Waals surface area contributed by atoms with Crippen molar-refractivity contribution in [2.75, 3.05) is 26.0 Å². The SMILES string of the molecule is COc1cccc(NC(=O)C2CCC3C(C2)N(C)C(=O)C2CCNN23)c1. The maximum absolute atomic E-state index is 12.8. The lowest BCUT2D eigenvalue weighted by atomic mass is 9.79. The summed E-state index contributed by atoms with van der Waals surface area (Å²) in [4.78, 5) is 27.3. The highest BCUT2D eigenvalue weighted by atomic mass is 16.5. The third-order valence-electron chi connectivity index (χ3n) is 6.02. The van der Waals surface area contributed by atoms with Gasteiger partial charge >= 0.3 is 0 Å². The maximum atomic E-state index is 12.8. The number of rotatable bonds is 3. The van der Waals surface area contributed by atoms with E-state index in [0.717, 1.165) is 37.2 Å². The first-order chi connectivity index (χ1) is 12.6. The van der Waals surface area contributed by atoms with Crippen molar-refractivity contribution in [2.24, 2.45) is 5.92 Å². The van der Waals surface area contributed by atoms with Crippen molar-refractivity contribution >= 4 is 17.5 Å². The van der Waals surface area contributed by atoms with Crippen LogP contribution in [-0.2, 0) is 9.59 Å². The van der Waals surface area contributed by atoms with Crippen molar-refractivity contribution in [3.63, 3.8) is 0 Å². The van der Waals surface area contributed by atoms with Crippen LogP contribution in [0.1, 0.15) is 25.7 Å². The molecule has 0 radical (unpaired) electrons. The van der Waals surface area contributed by atoms with E-state index in [1.54, 1.807) is 7.11 Å². The second-order valence-electron chi connectivity index (χ2n) is 7.43. The molecular formula is C19H26N4O3. The second-order valence-corrected chi connectivity index (χ2v) is 7.43. The van der Waals surface area contributed by atoms with E-state index in [9.17, 15) is 9.59 Å². The molecule has 0 bridgehead atoms. The van der Waals surface area contributed by atoms with Crippen molar-refractivity contribution < 1.29 is 14.3 Å². The van der Waals surface area contributed by atoms with E-state index in [0.29, 0.717) is 12.5 Å². The van der Waals surface area contributed by atoms with Crippen LogP contribution < -0.4 is 15.5 Å². The van der Waals surface area contributed by atoms with Crippen LogP contribution in [0, 0.1) is 5.92 Å². The van der Waals surface area contributed by atoms with Crippen molar-refractivity contribution in [3.8, 4) is 5.75 Å². The van der Waals surface area contributed by atoms with Gasteiger partial charge in [0.25, 0.3) is 0 Å². The molecule has 2 amide bonds. The monoisotopic (exact) mass is 358 g/mol. The van der Waals surface area contributed by atoms with Gasteiger partial charge in [0.2, 0.25) is 11.8 Å². The van der Waals surface area contributed by atoms with E-state index < -0.39 is 0 Å². The van der Waals surface area contributed by atoms with Crippen LogP contribution in [0.25, 0.3) is 0 Å². The zero-order chi connectivity index (χ0) is 18.3. The minimum Gasteiger partial charge on any atom is -0.497 e. The summed E-state index contributed by atoms with van der Waals surface area (Å²) in [7, 11) is 3.50. The number of nitrogens with one attached hydrogen (secondary N) is 2. The highest BCUT2D eigenvalue weighted by Crippen LogP contribution is 2.37. The number of anilines is 1. The molecule has 140 valence electrons. The molecule has 1 saturated carbocycles. The number of hydrogen-bond donors (Lipinski definition) is 2. The molecule has 2 heterocycles. The van der Waals surface area contributed by atoms with E-state index in [1.165, 1.54) is 0 Å². The van der Waals surface area contributed by atoms with E-state index in [2.05, 4.69) is 15.8 Å². The molecule has 7 heteroatoms. The molecular weight excluding hydrogens is 332 g/mol. The number of carbonyl (C=O) groups is 2. The van der Waals surface area contributed by atoms with Crippen LogP contribution in [0.4, 0.5) is 5.69 Å². The summed E-state index contributed by atoms with van der Waals surface area (Å²) in [6, 6.07) is 7.73. The molecule has 0 aromatic heterocycles. The Kier molecular flexibility index (Phi) is 4.58. The number of likely N-dealkylation sites (N-methyl/N-ethyl adjacent to an activating group) is 1. The summed E-state index contributed by atoms with van der Waals surface area (Å²) in [6.45, 7) is 0.854. The van der Waals surface area contributed by atoms with Gasteiger partial charge in [0.05, 0.1) is 7.11 Å². The third-order valence-corrected chi connectivity index (χ3v) is 6.02. The van der Waals surface area contributed by atoms with Gasteiger partial charge in [-0.3, -0.25) is 15.0 Å². The molecule has 1 aromatic carbocycles. The average molecular weight is 358 g/mol. The van der Waals surface area contributed by atoms with Crippen LogP contribution in [-0.4, -0.2) is 60.6 Å². The summed E-state index contributed by atoms with van der Waals surface area (Å²) < 4.78 is 5.21.